The van der Waals surface area contributed by atoms with Gasteiger partial charge in [0.05, 0.1) is 6.10 Å². The van der Waals surface area contributed by atoms with E-state index in [4.69, 9.17) is 0 Å². The predicted molar refractivity (Wildman–Crippen MR) is 62.1 cm³/mol. The van der Waals surface area contributed by atoms with Gasteiger partial charge in [0, 0.05) is 37.4 Å². The van der Waals surface area contributed by atoms with Crippen molar-refractivity contribution in [3.63, 3.8) is 0 Å². The van der Waals surface area contributed by atoms with Gasteiger partial charge in [0.1, 0.15) is 5.82 Å². The molecule has 88 valence electrons. The third-order valence-corrected chi connectivity index (χ3v) is 2.90. The molecule has 1 aromatic rings. The minimum absolute atomic E-state index is 0.296. The molecule has 0 saturated carbocycles. The summed E-state index contributed by atoms with van der Waals surface area (Å²) in [5.74, 6) is -0.296. The van der Waals surface area contributed by atoms with Gasteiger partial charge in [0.2, 0.25) is 0 Å². The van der Waals surface area contributed by atoms with E-state index in [9.17, 15) is 9.50 Å². The van der Waals surface area contributed by atoms with E-state index in [1.165, 1.54) is 12.1 Å². The van der Waals surface area contributed by atoms with Gasteiger partial charge in [-0.2, -0.15) is 0 Å². The number of hydrogen-bond donors (Lipinski definition) is 2. The van der Waals surface area contributed by atoms with Crippen LogP contribution < -0.4 is 10.2 Å². The highest BCUT2D eigenvalue weighted by Gasteiger charge is 2.16. The van der Waals surface area contributed by atoms with Crippen LogP contribution in [0.2, 0.25) is 0 Å². The molecular weight excluding hydrogens is 207 g/mol. The molecule has 0 spiro atoms. The monoisotopic (exact) mass is 224 g/mol. The maximum atomic E-state index is 13.1. The van der Waals surface area contributed by atoms with Crippen LogP contribution in [-0.4, -0.2) is 31.3 Å². The molecule has 1 saturated heterocycles. The van der Waals surface area contributed by atoms with Crippen molar-refractivity contribution in [2.24, 2.45) is 0 Å². The first kappa shape index (κ1) is 11.4. The van der Waals surface area contributed by atoms with E-state index in [1.807, 2.05) is 0 Å². The number of rotatable bonds is 2. The zero-order valence-electron chi connectivity index (χ0n) is 9.41. The summed E-state index contributed by atoms with van der Waals surface area (Å²) in [4.78, 5) is 2.18. The standard InChI is InChI=1S/C12H17FN2O/c1-9(16)11-8-10(13)2-3-12(11)15-6-4-14-5-7-15/h2-3,8-9,14,16H,4-7H2,1H3/t9-/m0/s1. The fraction of sp³-hybridized carbons (Fsp3) is 0.500. The van der Waals surface area contributed by atoms with Gasteiger partial charge in [-0.05, 0) is 25.1 Å². The average Bonchev–Trinajstić information content (AvgIpc) is 2.30. The fourth-order valence-corrected chi connectivity index (χ4v) is 2.05. The Bertz CT molecular complexity index is 362. The molecule has 1 heterocycles. The number of aliphatic hydroxyl groups excluding tert-OH is 1. The Morgan fingerprint density at radius 2 is 2.06 bits per heavy atom. The third-order valence-electron chi connectivity index (χ3n) is 2.90. The second-order valence-electron chi connectivity index (χ2n) is 4.12. The molecular formula is C12H17FN2O. The SMILES string of the molecule is C[C@H](O)c1cc(F)ccc1N1CCNCC1. The van der Waals surface area contributed by atoms with E-state index in [1.54, 1.807) is 13.0 Å². The minimum atomic E-state index is -0.638. The summed E-state index contributed by atoms with van der Waals surface area (Å²) in [6, 6.07) is 4.62. The number of piperazine rings is 1. The van der Waals surface area contributed by atoms with Crippen LogP contribution >= 0.6 is 0 Å². The summed E-state index contributed by atoms with van der Waals surface area (Å²) >= 11 is 0. The van der Waals surface area contributed by atoms with Crippen molar-refractivity contribution in [1.29, 1.82) is 0 Å². The first-order valence-electron chi connectivity index (χ1n) is 5.61. The number of hydrogen-bond acceptors (Lipinski definition) is 3. The van der Waals surface area contributed by atoms with Crippen LogP contribution in [0.1, 0.15) is 18.6 Å². The van der Waals surface area contributed by atoms with E-state index in [-0.39, 0.29) is 5.82 Å². The van der Waals surface area contributed by atoms with Gasteiger partial charge >= 0.3 is 0 Å². The lowest BCUT2D eigenvalue weighted by molar-refractivity contribution is 0.199. The summed E-state index contributed by atoms with van der Waals surface area (Å²) in [5.41, 5.74) is 1.61. The van der Waals surface area contributed by atoms with Crippen LogP contribution in [0.3, 0.4) is 0 Å². The summed E-state index contributed by atoms with van der Waals surface area (Å²) in [6.45, 7) is 5.31. The van der Waals surface area contributed by atoms with Crippen molar-refractivity contribution < 1.29 is 9.50 Å². The second kappa shape index (κ2) is 4.80. The van der Waals surface area contributed by atoms with E-state index in [0.717, 1.165) is 31.9 Å². The molecule has 2 rings (SSSR count). The molecule has 3 nitrogen and oxygen atoms in total. The topological polar surface area (TPSA) is 35.5 Å². The zero-order valence-corrected chi connectivity index (χ0v) is 9.41. The number of anilines is 1. The van der Waals surface area contributed by atoms with Gasteiger partial charge in [-0.1, -0.05) is 0 Å². The summed E-state index contributed by atoms with van der Waals surface area (Å²) < 4.78 is 13.1. The Morgan fingerprint density at radius 1 is 1.38 bits per heavy atom. The van der Waals surface area contributed by atoms with Gasteiger partial charge in [-0.25, -0.2) is 4.39 Å². The Hall–Kier alpha value is -1.13. The van der Waals surface area contributed by atoms with Gasteiger partial charge in [-0.3, -0.25) is 0 Å². The van der Waals surface area contributed by atoms with Crippen LogP contribution in [-0.2, 0) is 0 Å². The maximum Gasteiger partial charge on any atom is 0.123 e. The molecule has 4 heteroatoms. The van der Waals surface area contributed by atoms with Crippen LogP contribution in [0.5, 0.6) is 0 Å². The van der Waals surface area contributed by atoms with Crippen LogP contribution in [0, 0.1) is 5.82 Å². The molecule has 0 aliphatic carbocycles. The lowest BCUT2D eigenvalue weighted by Gasteiger charge is -2.31. The Balaban J connectivity index is 2.31. The number of benzene rings is 1. The van der Waals surface area contributed by atoms with Crippen molar-refractivity contribution in [2.75, 3.05) is 31.1 Å². The number of nitrogens with zero attached hydrogens (tertiary/aromatic N) is 1. The molecule has 0 unspecified atom stereocenters. The van der Waals surface area contributed by atoms with E-state index >= 15 is 0 Å². The van der Waals surface area contributed by atoms with Crippen molar-refractivity contribution in [3.05, 3.63) is 29.6 Å². The third kappa shape index (κ3) is 2.33. The second-order valence-corrected chi connectivity index (χ2v) is 4.12. The molecule has 1 aliphatic rings. The molecule has 1 aliphatic heterocycles. The highest BCUT2D eigenvalue weighted by atomic mass is 19.1. The molecule has 0 radical (unpaired) electrons. The van der Waals surface area contributed by atoms with E-state index in [0.29, 0.717) is 5.56 Å². The molecule has 2 N–H and O–H groups in total. The minimum Gasteiger partial charge on any atom is -0.389 e. The lowest BCUT2D eigenvalue weighted by Crippen LogP contribution is -2.44. The van der Waals surface area contributed by atoms with Gasteiger partial charge < -0.3 is 15.3 Å². The van der Waals surface area contributed by atoms with Gasteiger partial charge in [-0.15, -0.1) is 0 Å². The highest BCUT2D eigenvalue weighted by Crippen LogP contribution is 2.27. The molecule has 1 atom stereocenters. The average molecular weight is 224 g/mol. The quantitative estimate of drug-likeness (QED) is 0.794. The summed E-state index contributed by atoms with van der Waals surface area (Å²) in [5, 5.41) is 12.9. The van der Waals surface area contributed by atoms with Crippen molar-refractivity contribution >= 4 is 5.69 Å². The lowest BCUT2D eigenvalue weighted by atomic mass is 10.1. The first-order valence-corrected chi connectivity index (χ1v) is 5.61. The molecule has 1 aromatic carbocycles. The molecule has 0 amide bonds. The molecule has 1 fully saturated rings. The number of halogens is 1. The first-order chi connectivity index (χ1) is 7.68. The van der Waals surface area contributed by atoms with Crippen LogP contribution in [0.15, 0.2) is 18.2 Å². The van der Waals surface area contributed by atoms with Crippen molar-refractivity contribution in [3.8, 4) is 0 Å². The van der Waals surface area contributed by atoms with E-state index in [2.05, 4.69) is 10.2 Å². The number of nitrogens with one attached hydrogen (secondary N) is 1. The Morgan fingerprint density at radius 3 is 2.69 bits per heavy atom. The molecule has 16 heavy (non-hydrogen) atoms. The Kier molecular flexibility index (Phi) is 3.41. The van der Waals surface area contributed by atoms with Gasteiger partial charge in [0.15, 0.2) is 0 Å². The number of aliphatic hydroxyl groups is 1. The van der Waals surface area contributed by atoms with E-state index < -0.39 is 6.10 Å². The Labute approximate surface area is 94.9 Å². The molecule has 0 aromatic heterocycles. The maximum absolute atomic E-state index is 13.1. The normalized spacial score (nSPS) is 18.6. The predicted octanol–water partition coefficient (Wildman–Crippen LogP) is 1.29. The van der Waals surface area contributed by atoms with Gasteiger partial charge in [0.25, 0.3) is 0 Å². The van der Waals surface area contributed by atoms with Crippen molar-refractivity contribution in [2.45, 2.75) is 13.0 Å². The highest BCUT2D eigenvalue weighted by molar-refractivity contribution is 5.55. The van der Waals surface area contributed by atoms with Crippen molar-refractivity contribution in [1.82, 2.24) is 5.32 Å². The summed E-state index contributed by atoms with van der Waals surface area (Å²) in [6.07, 6.45) is -0.638. The van der Waals surface area contributed by atoms with Crippen LogP contribution in [0.25, 0.3) is 0 Å². The largest absolute Gasteiger partial charge is 0.389 e. The molecule has 0 bridgehead atoms. The zero-order chi connectivity index (χ0) is 11.5. The summed E-state index contributed by atoms with van der Waals surface area (Å²) in [7, 11) is 0. The smallest absolute Gasteiger partial charge is 0.123 e. The van der Waals surface area contributed by atoms with Crippen LogP contribution in [0.4, 0.5) is 10.1 Å². The fourth-order valence-electron chi connectivity index (χ4n) is 2.05.